The van der Waals surface area contributed by atoms with Gasteiger partial charge in [-0.15, -0.1) is 0 Å². The molecule has 3 N–H and O–H groups in total. The highest BCUT2D eigenvalue weighted by Gasteiger charge is 2.09. The molecule has 0 unspecified atom stereocenters. The lowest BCUT2D eigenvalue weighted by Crippen LogP contribution is -2.11. The Morgan fingerprint density at radius 3 is 2.81 bits per heavy atom. The van der Waals surface area contributed by atoms with E-state index in [4.69, 9.17) is 15.3 Å². The van der Waals surface area contributed by atoms with E-state index >= 15 is 0 Å². The average molecular weight is 292 g/mol. The molecule has 0 saturated heterocycles. The second-order valence-electron chi connectivity index (χ2n) is 4.33. The lowest BCUT2D eigenvalue weighted by Gasteiger charge is -2.10. The fourth-order valence-electron chi connectivity index (χ4n) is 1.66. The maximum absolute atomic E-state index is 13.7. The number of hydrogen-bond donors (Lipinski definition) is 2. The number of nitrogens with one attached hydrogen (secondary N) is 1. The van der Waals surface area contributed by atoms with Crippen LogP contribution in [0.3, 0.4) is 0 Å². The van der Waals surface area contributed by atoms with Crippen LogP contribution in [0.1, 0.15) is 18.3 Å². The molecule has 0 radical (unpaired) electrons. The molecule has 0 saturated carbocycles. The summed E-state index contributed by atoms with van der Waals surface area (Å²) >= 11 is 0. The van der Waals surface area contributed by atoms with E-state index in [0.29, 0.717) is 18.2 Å². The third kappa shape index (κ3) is 4.11. The van der Waals surface area contributed by atoms with Gasteiger partial charge >= 0.3 is 0 Å². The number of ether oxygens (including phenoxy) is 2. The molecule has 0 aliphatic heterocycles. The molecule has 1 heterocycles. The summed E-state index contributed by atoms with van der Waals surface area (Å²) in [6.45, 7) is 4.47. The van der Waals surface area contributed by atoms with E-state index in [1.54, 1.807) is 12.1 Å². The molecule has 1 aromatic carbocycles. The van der Waals surface area contributed by atoms with Gasteiger partial charge in [-0.2, -0.15) is 4.98 Å². The summed E-state index contributed by atoms with van der Waals surface area (Å²) < 4.78 is 24.4. The predicted octanol–water partition coefficient (Wildman–Crippen LogP) is 2.54. The Hall–Kier alpha value is -2.25. The number of benzene rings is 1. The Bertz CT molecular complexity index is 622. The first-order valence-electron chi connectivity index (χ1n) is 6.48. The molecule has 0 spiro atoms. The highest BCUT2D eigenvalue weighted by atomic mass is 19.1. The van der Waals surface area contributed by atoms with Crippen molar-refractivity contribution in [2.75, 3.05) is 12.0 Å². The molecule has 0 amide bonds. The Labute approximate surface area is 122 Å². The lowest BCUT2D eigenvalue weighted by molar-refractivity contribution is 0.128. The van der Waals surface area contributed by atoms with Gasteiger partial charge in [0.1, 0.15) is 12.4 Å². The number of aryl methyl sites for hydroxylation is 1. The van der Waals surface area contributed by atoms with Crippen molar-refractivity contribution >= 4 is 5.82 Å². The van der Waals surface area contributed by atoms with Crippen LogP contribution in [0.4, 0.5) is 10.2 Å². The number of halogens is 1. The molecule has 0 atom stereocenters. The van der Waals surface area contributed by atoms with Gasteiger partial charge in [-0.25, -0.2) is 15.2 Å². The number of anilines is 1. The maximum Gasteiger partial charge on any atom is 0.224 e. The zero-order valence-electron chi connectivity index (χ0n) is 11.9. The minimum Gasteiger partial charge on any atom is -0.436 e. The van der Waals surface area contributed by atoms with Crippen LogP contribution in [0, 0.1) is 12.7 Å². The molecule has 1 aromatic heterocycles. The van der Waals surface area contributed by atoms with Gasteiger partial charge in [0, 0.05) is 12.7 Å². The van der Waals surface area contributed by atoms with Gasteiger partial charge in [-0.1, -0.05) is 6.07 Å². The van der Waals surface area contributed by atoms with Crippen molar-refractivity contribution in [3.63, 3.8) is 0 Å². The summed E-state index contributed by atoms with van der Waals surface area (Å²) in [7, 11) is 0. The molecule has 0 aliphatic carbocycles. The van der Waals surface area contributed by atoms with E-state index in [0.717, 1.165) is 5.56 Å². The molecule has 0 fully saturated rings. The Balaban J connectivity index is 2.27. The van der Waals surface area contributed by atoms with Crippen molar-refractivity contribution in [1.29, 1.82) is 0 Å². The van der Waals surface area contributed by atoms with Crippen molar-refractivity contribution < 1.29 is 13.9 Å². The molecular formula is C14H17FN4O2. The first kappa shape index (κ1) is 15.1. The minimum absolute atomic E-state index is 0.0963. The first-order valence-corrected chi connectivity index (χ1v) is 6.48. The zero-order valence-corrected chi connectivity index (χ0v) is 11.9. The highest BCUT2D eigenvalue weighted by Crippen LogP contribution is 2.25. The zero-order chi connectivity index (χ0) is 15.2. The van der Waals surface area contributed by atoms with Crippen molar-refractivity contribution in [3.8, 4) is 11.6 Å². The average Bonchev–Trinajstić information content (AvgIpc) is 2.48. The summed E-state index contributed by atoms with van der Waals surface area (Å²) in [5.41, 5.74) is 3.30. The first-order chi connectivity index (χ1) is 10.1. The predicted molar refractivity (Wildman–Crippen MR) is 76.4 cm³/mol. The van der Waals surface area contributed by atoms with E-state index in [2.05, 4.69) is 15.4 Å². The molecule has 112 valence electrons. The highest BCUT2D eigenvalue weighted by molar-refractivity contribution is 5.39. The van der Waals surface area contributed by atoms with Gasteiger partial charge < -0.3 is 14.9 Å². The van der Waals surface area contributed by atoms with Gasteiger partial charge in [0.15, 0.2) is 17.4 Å². The van der Waals surface area contributed by atoms with Crippen LogP contribution in [0.2, 0.25) is 0 Å². The summed E-state index contributed by atoms with van der Waals surface area (Å²) in [6.07, 6.45) is 0. The summed E-state index contributed by atoms with van der Waals surface area (Å²) in [4.78, 5) is 8.29. The number of nitrogens with zero attached hydrogens (tertiary/aromatic N) is 2. The van der Waals surface area contributed by atoms with Gasteiger partial charge in [-0.05, 0) is 31.5 Å². The number of hydrogen-bond acceptors (Lipinski definition) is 6. The van der Waals surface area contributed by atoms with Crippen LogP contribution in [-0.4, -0.2) is 16.6 Å². The van der Waals surface area contributed by atoms with E-state index in [9.17, 15) is 4.39 Å². The maximum atomic E-state index is 13.7. The molecule has 7 heteroatoms. The molecule has 21 heavy (non-hydrogen) atoms. The fraction of sp³-hybridized carbons (Fsp3) is 0.286. The van der Waals surface area contributed by atoms with Gasteiger partial charge in [0.05, 0.1) is 0 Å². The van der Waals surface area contributed by atoms with Crippen LogP contribution in [0.25, 0.3) is 0 Å². The largest absolute Gasteiger partial charge is 0.436 e. The van der Waals surface area contributed by atoms with Gasteiger partial charge in [0.2, 0.25) is 5.88 Å². The van der Waals surface area contributed by atoms with Crippen LogP contribution >= 0.6 is 0 Å². The van der Waals surface area contributed by atoms with Crippen LogP contribution in [0.15, 0.2) is 24.3 Å². The standard InChI is InChI=1S/C14H17FN4O2/c1-3-20-8-13-17-12(19-16)7-14(18-13)21-11-6-9(2)4-5-10(11)15/h4-7H,3,8,16H2,1-2H3,(H,17,18,19). The van der Waals surface area contributed by atoms with Crippen LogP contribution in [0.5, 0.6) is 11.6 Å². The third-order valence-electron chi connectivity index (χ3n) is 2.63. The summed E-state index contributed by atoms with van der Waals surface area (Å²) in [5.74, 6) is 5.94. The fourth-order valence-corrected chi connectivity index (χ4v) is 1.66. The second-order valence-corrected chi connectivity index (χ2v) is 4.33. The summed E-state index contributed by atoms with van der Waals surface area (Å²) in [5, 5.41) is 0. The van der Waals surface area contributed by atoms with Crippen molar-refractivity contribution in [2.45, 2.75) is 20.5 Å². The number of nitrogens with two attached hydrogens (primary N) is 1. The van der Waals surface area contributed by atoms with Crippen molar-refractivity contribution in [1.82, 2.24) is 9.97 Å². The van der Waals surface area contributed by atoms with Crippen molar-refractivity contribution in [2.24, 2.45) is 5.84 Å². The molecule has 0 bridgehead atoms. The topological polar surface area (TPSA) is 82.3 Å². The molecule has 2 rings (SSSR count). The molecular weight excluding hydrogens is 275 g/mol. The Morgan fingerprint density at radius 1 is 1.29 bits per heavy atom. The quantitative estimate of drug-likeness (QED) is 0.629. The van der Waals surface area contributed by atoms with Crippen LogP contribution < -0.4 is 16.0 Å². The van der Waals surface area contributed by atoms with E-state index < -0.39 is 5.82 Å². The van der Waals surface area contributed by atoms with Gasteiger partial charge in [0.25, 0.3) is 0 Å². The number of hydrazine groups is 1. The normalized spacial score (nSPS) is 10.5. The molecule has 0 aliphatic rings. The molecule has 6 nitrogen and oxygen atoms in total. The second kappa shape index (κ2) is 6.96. The number of aromatic nitrogens is 2. The SMILES string of the molecule is CCOCc1nc(NN)cc(Oc2cc(C)ccc2F)n1. The Morgan fingerprint density at radius 2 is 2.10 bits per heavy atom. The monoisotopic (exact) mass is 292 g/mol. The number of rotatable bonds is 6. The van der Waals surface area contributed by atoms with Crippen molar-refractivity contribution in [3.05, 3.63) is 41.5 Å². The summed E-state index contributed by atoms with van der Waals surface area (Å²) in [6, 6.07) is 6.08. The van der Waals surface area contributed by atoms with E-state index in [1.165, 1.54) is 12.1 Å². The Kier molecular flexibility index (Phi) is 5.02. The van der Waals surface area contributed by atoms with Gasteiger partial charge in [-0.3, -0.25) is 0 Å². The minimum atomic E-state index is -0.465. The van der Waals surface area contributed by atoms with E-state index in [-0.39, 0.29) is 18.2 Å². The molecule has 2 aromatic rings. The lowest BCUT2D eigenvalue weighted by atomic mass is 10.2. The number of nitrogen functional groups attached to an aromatic ring is 1. The van der Waals surface area contributed by atoms with E-state index in [1.807, 2.05) is 13.8 Å². The third-order valence-corrected chi connectivity index (χ3v) is 2.63. The smallest absolute Gasteiger partial charge is 0.224 e. The van der Waals surface area contributed by atoms with Crippen LogP contribution in [-0.2, 0) is 11.3 Å².